The Hall–Kier alpha value is -1.04. The molecule has 0 radical (unpaired) electrons. The van der Waals surface area contributed by atoms with Crippen LogP contribution in [0.15, 0.2) is 24.3 Å². The van der Waals surface area contributed by atoms with Gasteiger partial charge in [-0.1, -0.05) is 12.1 Å². The molecule has 0 bridgehead atoms. The maximum atomic E-state index is 11.2. The molecule has 23 heavy (non-hydrogen) atoms. The molecule has 0 spiro atoms. The van der Waals surface area contributed by atoms with Gasteiger partial charge in [-0.25, -0.2) is 17.5 Å². The van der Waals surface area contributed by atoms with Crippen LogP contribution in [0.5, 0.6) is 11.5 Å². The van der Waals surface area contributed by atoms with E-state index in [2.05, 4.69) is 4.74 Å². The third kappa shape index (κ3) is 7.38. The fraction of sp³-hybridized carbons (Fsp3) is 0.417. The van der Waals surface area contributed by atoms with Gasteiger partial charge in [-0.05, 0) is 12.1 Å². The van der Waals surface area contributed by atoms with E-state index in [0.29, 0.717) is 11.5 Å². The van der Waals surface area contributed by atoms with Gasteiger partial charge in [-0.15, -0.1) is 0 Å². The topological polar surface area (TPSA) is 125 Å². The van der Waals surface area contributed by atoms with Crippen molar-refractivity contribution in [2.75, 3.05) is 27.4 Å². The number of aliphatic hydroxyl groups excluding tert-OH is 1. The molecule has 1 amide bonds. The van der Waals surface area contributed by atoms with Gasteiger partial charge in [0, 0.05) is 7.05 Å². The zero-order valence-corrected chi connectivity index (χ0v) is 15.8. The fourth-order valence-electron chi connectivity index (χ4n) is 1.32. The Labute approximate surface area is 156 Å². The molecule has 0 heterocycles. The van der Waals surface area contributed by atoms with Crippen LogP contribution in [0.3, 0.4) is 0 Å². The van der Waals surface area contributed by atoms with E-state index in [-0.39, 0.29) is 40.5 Å². The molecule has 124 valence electrons. The van der Waals surface area contributed by atoms with E-state index in [1.54, 1.807) is 24.3 Å². The first-order chi connectivity index (χ1) is 10.3. The zero-order valence-electron chi connectivity index (χ0n) is 13.0. The molecule has 9 nitrogen and oxygen atoms in total. The molecule has 1 aromatic carbocycles. The van der Waals surface area contributed by atoms with Gasteiger partial charge >= 0.3 is 35.7 Å². The number of nitrogens with zero attached hydrogens (tertiary/aromatic N) is 1. The van der Waals surface area contributed by atoms with Gasteiger partial charge in [-0.3, -0.25) is 0 Å². The minimum absolute atomic E-state index is 0. The molecule has 0 fully saturated rings. The van der Waals surface area contributed by atoms with E-state index in [4.69, 9.17) is 9.47 Å². The molecular weight excluding hydrogens is 341 g/mol. The number of carbonyl (C=O) groups excluding carboxylic acids is 1. The Kier molecular flexibility index (Phi) is 9.51. The van der Waals surface area contributed by atoms with Crippen molar-refractivity contribution in [3.63, 3.8) is 0 Å². The largest absolute Gasteiger partial charge is 1.00 e. The van der Waals surface area contributed by atoms with Crippen LogP contribution in [0, 0.1) is 0 Å². The first-order valence-corrected chi connectivity index (χ1v) is 7.42. The molecule has 0 aromatic heterocycles. The van der Waals surface area contributed by atoms with Crippen molar-refractivity contribution >= 4 is 16.4 Å². The van der Waals surface area contributed by atoms with Crippen LogP contribution in [0.2, 0.25) is 0 Å². The van der Waals surface area contributed by atoms with Crippen molar-refractivity contribution in [2.24, 2.45) is 0 Å². The first-order valence-electron chi connectivity index (χ1n) is 6.06. The van der Waals surface area contributed by atoms with E-state index in [1.165, 1.54) is 7.11 Å². The molecule has 0 aliphatic heterocycles. The molecule has 0 saturated carbocycles. The summed E-state index contributed by atoms with van der Waals surface area (Å²) in [5.41, 5.74) is 0. The van der Waals surface area contributed by atoms with Crippen molar-refractivity contribution in [2.45, 2.75) is 6.10 Å². The Bertz CT molecular complexity index is 609. The minimum Gasteiger partial charge on any atom is -0.731 e. The van der Waals surface area contributed by atoms with E-state index >= 15 is 0 Å². The van der Waals surface area contributed by atoms with Crippen LogP contribution in [0.1, 0.15) is 0 Å². The molecule has 1 aromatic rings. The maximum Gasteiger partial charge on any atom is 1.00 e. The van der Waals surface area contributed by atoms with Crippen molar-refractivity contribution in [1.29, 1.82) is 0 Å². The predicted octanol–water partition coefficient (Wildman–Crippen LogP) is -3.03. The number of para-hydroxylation sites is 2. The predicted molar refractivity (Wildman–Crippen MR) is 73.3 cm³/mol. The summed E-state index contributed by atoms with van der Waals surface area (Å²) in [5.74, 6) is 0.846. The van der Waals surface area contributed by atoms with Gasteiger partial charge in [0.25, 0.3) is 0 Å². The summed E-state index contributed by atoms with van der Waals surface area (Å²) < 4.78 is 46.4. The zero-order chi connectivity index (χ0) is 16.8. The van der Waals surface area contributed by atoms with Crippen LogP contribution in [0.25, 0.3) is 0 Å². The number of aliphatic hydroxyl groups is 1. The van der Waals surface area contributed by atoms with Gasteiger partial charge in [0.15, 0.2) is 21.8 Å². The summed E-state index contributed by atoms with van der Waals surface area (Å²) in [6.45, 7) is -0.755. The van der Waals surface area contributed by atoms with E-state index < -0.39 is 29.1 Å². The summed E-state index contributed by atoms with van der Waals surface area (Å²) in [5, 5.41) is 9.62. The normalized spacial score (nSPS) is 11.8. The number of benzene rings is 1. The Morgan fingerprint density at radius 1 is 1.30 bits per heavy atom. The molecule has 1 rings (SSSR count). The average molecular weight is 357 g/mol. The van der Waals surface area contributed by atoms with Crippen LogP contribution in [-0.4, -0.2) is 62.0 Å². The molecule has 1 atom stereocenters. The summed E-state index contributed by atoms with van der Waals surface area (Å²) in [6.07, 6.45) is -2.59. The number of amides is 1. The number of carbonyl (C=O) groups is 1. The van der Waals surface area contributed by atoms with Crippen molar-refractivity contribution in [3.8, 4) is 11.5 Å². The second kappa shape index (κ2) is 9.96. The summed E-state index contributed by atoms with van der Waals surface area (Å²) in [6, 6.07) is 6.73. The van der Waals surface area contributed by atoms with Crippen molar-refractivity contribution < 1.29 is 66.6 Å². The summed E-state index contributed by atoms with van der Waals surface area (Å²) in [7, 11) is -2.72. The van der Waals surface area contributed by atoms with Crippen molar-refractivity contribution in [3.05, 3.63) is 24.3 Å². The monoisotopic (exact) mass is 357 g/mol. The van der Waals surface area contributed by atoms with Crippen LogP contribution >= 0.6 is 0 Å². The van der Waals surface area contributed by atoms with Gasteiger partial charge < -0.3 is 23.9 Å². The molecular formula is C12H16NNaO8S. The minimum atomic E-state index is -4.93. The molecule has 11 heteroatoms. The second-order valence-corrected chi connectivity index (χ2v) is 5.52. The number of ether oxygens (including phenoxy) is 3. The van der Waals surface area contributed by atoms with Gasteiger partial charge in [-0.2, -0.15) is 0 Å². The molecule has 1 unspecified atom stereocenters. The Morgan fingerprint density at radius 2 is 1.87 bits per heavy atom. The molecule has 1 N–H and O–H groups in total. The standard InChI is InChI=1S/C12H17NO8S.Na/c1-13(22(16,17)18)12(15)21-8-9(14)7-20-11-6-4-3-5-10(11)19-2;/h3-6,9,14H,7-8H2,1-2H3,(H,16,17,18);/q;+1/p-1. The fourth-order valence-corrected chi connectivity index (χ4v) is 1.56. The smallest absolute Gasteiger partial charge is 0.731 e. The van der Waals surface area contributed by atoms with Crippen molar-refractivity contribution in [1.82, 2.24) is 4.31 Å². The maximum absolute atomic E-state index is 11.2. The van der Waals surface area contributed by atoms with E-state index in [0.717, 1.165) is 7.05 Å². The number of rotatable bonds is 7. The number of methoxy groups -OCH3 is 1. The SMILES string of the molecule is COc1ccccc1OCC(O)COC(=O)N(C)S(=O)(=O)[O-].[Na+]. The third-order valence-corrected chi connectivity index (χ3v) is 3.31. The summed E-state index contributed by atoms with van der Waals surface area (Å²) in [4.78, 5) is 11.2. The molecule has 0 saturated heterocycles. The van der Waals surface area contributed by atoms with E-state index in [9.17, 15) is 22.9 Å². The Morgan fingerprint density at radius 3 is 2.39 bits per heavy atom. The summed E-state index contributed by atoms with van der Waals surface area (Å²) >= 11 is 0. The first kappa shape index (κ1) is 22.0. The van der Waals surface area contributed by atoms with Crippen LogP contribution in [0.4, 0.5) is 4.79 Å². The van der Waals surface area contributed by atoms with Crippen LogP contribution < -0.4 is 39.0 Å². The quantitative estimate of drug-likeness (QED) is 0.403. The van der Waals surface area contributed by atoms with Crippen LogP contribution in [-0.2, 0) is 15.0 Å². The van der Waals surface area contributed by atoms with E-state index in [1.807, 2.05) is 0 Å². The second-order valence-electron chi connectivity index (χ2n) is 4.12. The molecule has 0 aliphatic rings. The Balaban J connectivity index is 0.00000484. The van der Waals surface area contributed by atoms with Gasteiger partial charge in [0.1, 0.15) is 19.3 Å². The van der Waals surface area contributed by atoms with Gasteiger partial charge in [0.05, 0.1) is 7.11 Å². The number of hydrogen-bond acceptors (Lipinski definition) is 8. The third-order valence-electron chi connectivity index (χ3n) is 2.49. The van der Waals surface area contributed by atoms with Gasteiger partial charge in [0.2, 0.25) is 0 Å². The number of hydrogen-bond donors (Lipinski definition) is 1. The molecule has 0 aliphatic carbocycles. The average Bonchev–Trinajstić information content (AvgIpc) is 2.49.